The zero-order valence-electron chi connectivity index (χ0n) is 8.18. The number of thioether (sulfide) groups is 1. The number of nitrogens with zero attached hydrogens (tertiary/aromatic N) is 2. The van der Waals surface area contributed by atoms with Crippen LogP contribution < -0.4 is 0 Å². The minimum absolute atomic E-state index is 0.741. The van der Waals surface area contributed by atoms with Crippen molar-refractivity contribution in [3.63, 3.8) is 0 Å². The van der Waals surface area contributed by atoms with Crippen molar-refractivity contribution in [2.45, 2.75) is 4.90 Å². The van der Waals surface area contributed by atoms with E-state index >= 15 is 0 Å². The summed E-state index contributed by atoms with van der Waals surface area (Å²) in [5.74, 6) is 3.66. The SMILES string of the molecule is C=C1/N=C\N=C=CCSc2ccccc21. The van der Waals surface area contributed by atoms with Crippen LogP contribution >= 0.6 is 11.8 Å². The Morgan fingerprint density at radius 1 is 1.33 bits per heavy atom. The molecule has 0 N–H and O–H groups in total. The molecule has 1 aliphatic heterocycles. The summed E-state index contributed by atoms with van der Waals surface area (Å²) in [6.07, 6.45) is 3.37. The summed E-state index contributed by atoms with van der Waals surface area (Å²) in [5.41, 5.74) is 1.81. The van der Waals surface area contributed by atoms with Crippen LogP contribution in [0.4, 0.5) is 0 Å². The van der Waals surface area contributed by atoms with Crippen molar-refractivity contribution in [1.29, 1.82) is 0 Å². The highest BCUT2D eigenvalue weighted by Crippen LogP contribution is 2.27. The topological polar surface area (TPSA) is 24.7 Å². The van der Waals surface area contributed by atoms with Crippen molar-refractivity contribution in [3.05, 3.63) is 42.5 Å². The third-order valence-electron chi connectivity index (χ3n) is 1.96. The van der Waals surface area contributed by atoms with Crippen LogP contribution in [0.1, 0.15) is 5.56 Å². The molecule has 2 nitrogen and oxygen atoms in total. The van der Waals surface area contributed by atoms with Crippen LogP contribution in [0, 0.1) is 0 Å². The second kappa shape index (κ2) is 4.78. The maximum atomic E-state index is 4.14. The minimum atomic E-state index is 0.741. The lowest BCUT2D eigenvalue weighted by Crippen LogP contribution is -1.87. The first-order valence-corrected chi connectivity index (χ1v) is 5.57. The summed E-state index contributed by atoms with van der Waals surface area (Å²) in [6, 6.07) is 8.11. The van der Waals surface area contributed by atoms with Gasteiger partial charge in [-0.05, 0) is 18.0 Å². The molecule has 0 saturated heterocycles. The van der Waals surface area contributed by atoms with Gasteiger partial charge in [0, 0.05) is 16.2 Å². The smallest absolute Gasteiger partial charge is 0.125 e. The van der Waals surface area contributed by atoms with Gasteiger partial charge in [-0.25, -0.2) is 4.99 Å². The fraction of sp³-hybridized carbons (Fsp3) is 0.0833. The standard InChI is InChI=1S/C12H10N2S/c1-10-11-5-2-3-6-12(11)15-8-4-7-13-9-14-10/h2-6,9H,1,8H2/b14-9-. The first kappa shape index (κ1) is 9.97. The molecule has 15 heavy (non-hydrogen) atoms. The number of fused-ring (bicyclic) bond motifs is 1. The van der Waals surface area contributed by atoms with E-state index in [4.69, 9.17) is 0 Å². The Labute approximate surface area is 93.1 Å². The monoisotopic (exact) mass is 214 g/mol. The number of hydrogen-bond donors (Lipinski definition) is 0. The van der Waals surface area contributed by atoms with E-state index in [0.717, 1.165) is 17.0 Å². The molecule has 74 valence electrons. The fourth-order valence-electron chi connectivity index (χ4n) is 1.25. The van der Waals surface area contributed by atoms with Crippen molar-refractivity contribution in [3.8, 4) is 0 Å². The minimum Gasteiger partial charge on any atom is -0.236 e. The molecule has 2 rings (SSSR count). The van der Waals surface area contributed by atoms with Crippen LogP contribution in [0.2, 0.25) is 0 Å². The van der Waals surface area contributed by atoms with E-state index in [2.05, 4.69) is 28.5 Å². The lowest BCUT2D eigenvalue weighted by molar-refractivity contribution is 1.36. The summed E-state index contributed by atoms with van der Waals surface area (Å²) in [4.78, 5) is 9.22. The van der Waals surface area contributed by atoms with Crippen molar-refractivity contribution in [1.82, 2.24) is 0 Å². The van der Waals surface area contributed by atoms with Crippen LogP contribution in [0.3, 0.4) is 0 Å². The second-order valence-electron chi connectivity index (χ2n) is 2.96. The fourth-order valence-corrected chi connectivity index (χ4v) is 2.11. The predicted octanol–water partition coefficient (Wildman–Crippen LogP) is 3.02. The van der Waals surface area contributed by atoms with Gasteiger partial charge in [0.05, 0.1) is 5.70 Å². The van der Waals surface area contributed by atoms with Gasteiger partial charge in [0.25, 0.3) is 0 Å². The van der Waals surface area contributed by atoms with E-state index in [1.54, 1.807) is 11.8 Å². The van der Waals surface area contributed by atoms with Gasteiger partial charge in [0.2, 0.25) is 0 Å². The molecule has 0 spiro atoms. The molecule has 1 aromatic carbocycles. The number of rotatable bonds is 0. The highest BCUT2D eigenvalue weighted by atomic mass is 32.2. The molecule has 0 fully saturated rings. The molecule has 0 amide bonds. The van der Waals surface area contributed by atoms with Gasteiger partial charge in [-0.2, -0.15) is 4.99 Å². The van der Waals surface area contributed by atoms with Gasteiger partial charge in [-0.3, -0.25) is 0 Å². The van der Waals surface area contributed by atoms with Crippen LogP contribution in [0.5, 0.6) is 0 Å². The zero-order valence-corrected chi connectivity index (χ0v) is 9.00. The Balaban J connectivity index is 2.44. The molecular weight excluding hydrogens is 204 g/mol. The molecule has 0 bridgehead atoms. The van der Waals surface area contributed by atoms with Gasteiger partial charge in [0.15, 0.2) is 0 Å². The Hall–Kier alpha value is -1.57. The van der Waals surface area contributed by atoms with Gasteiger partial charge >= 0.3 is 0 Å². The third-order valence-corrected chi connectivity index (χ3v) is 2.96. The number of hydrogen-bond acceptors (Lipinski definition) is 3. The Bertz CT molecular complexity index is 468. The zero-order chi connectivity index (χ0) is 10.5. The summed E-state index contributed by atoms with van der Waals surface area (Å²) < 4.78 is 0. The Kier molecular flexibility index (Phi) is 3.18. The van der Waals surface area contributed by atoms with Gasteiger partial charge in [-0.1, -0.05) is 24.8 Å². The quantitative estimate of drug-likeness (QED) is 0.651. The van der Waals surface area contributed by atoms with Gasteiger partial charge in [0.1, 0.15) is 6.34 Å². The third kappa shape index (κ3) is 2.46. The maximum absolute atomic E-state index is 4.14. The van der Waals surface area contributed by atoms with E-state index in [-0.39, 0.29) is 0 Å². The van der Waals surface area contributed by atoms with Crippen LogP contribution in [-0.4, -0.2) is 18.0 Å². The van der Waals surface area contributed by atoms with Gasteiger partial charge < -0.3 is 0 Å². The summed E-state index contributed by atoms with van der Waals surface area (Å²) >= 11 is 1.74. The molecule has 3 heteroatoms. The van der Waals surface area contributed by atoms with Crippen LogP contribution in [-0.2, 0) is 0 Å². The van der Waals surface area contributed by atoms with Crippen molar-refractivity contribution in [2.24, 2.45) is 9.98 Å². The largest absolute Gasteiger partial charge is 0.236 e. The van der Waals surface area contributed by atoms with Gasteiger partial charge in [-0.15, -0.1) is 11.8 Å². The molecule has 1 aliphatic rings. The number of benzene rings is 1. The van der Waals surface area contributed by atoms with Crippen molar-refractivity contribution < 1.29 is 0 Å². The number of aliphatic imine (C=N–C) groups is 2. The van der Waals surface area contributed by atoms with Crippen molar-refractivity contribution >= 4 is 29.7 Å². The first-order chi connectivity index (χ1) is 7.38. The summed E-state index contributed by atoms with van der Waals surface area (Å²) in [7, 11) is 0. The molecule has 0 aliphatic carbocycles. The summed E-state index contributed by atoms with van der Waals surface area (Å²) in [6.45, 7) is 3.92. The molecule has 0 aromatic heterocycles. The maximum Gasteiger partial charge on any atom is 0.125 e. The van der Waals surface area contributed by atoms with E-state index in [1.807, 2.05) is 24.3 Å². The highest BCUT2D eigenvalue weighted by Gasteiger charge is 2.04. The normalized spacial score (nSPS) is 17.2. The van der Waals surface area contributed by atoms with Crippen LogP contribution in [0.25, 0.3) is 5.70 Å². The molecule has 0 unspecified atom stereocenters. The van der Waals surface area contributed by atoms with E-state index in [9.17, 15) is 0 Å². The highest BCUT2D eigenvalue weighted by molar-refractivity contribution is 7.99. The van der Waals surface area contributed by atoms with E-state index in [0.29, 0.717) is 0 Å². The van der Waals surface area contributed by atoms with E-state index in [1.165, 1.54) is 11.2 Å². The molecule has 0 radical (unpaired) electrons. The molecule has 0 atom stereocenters. The average Bonchev–Trinajstić information content (AvgIpc) is 2.28. The summed E-state index contributed by atoms with van der Waals surface area (Å²) in [5, 5.41) is 0. The lowest BCUT2D eigenvalue weighted by Gasteiger charge is -2.07. The Morgan fingerprint density at radius 3 is 3.13 bits per heavy atom. The molecule has 0 saturated carbocycles. The second-order valence-corrected chi connectivity index (χ2v) is 4.02. The average molecular weight is 214 g/mol. The molecule has 1 aromatic rings. The predicted molar refractivity (Wildman–Crippen MR) is 66.7 cm³/mol. The molecular formula is C12H10N2S. The first-order valence-electron chi connectivity index (χ1n) is 4.58. The Morgan fingerprint density at radius 2 is 2.20 bits per heavy atom. The van der Waals surface area contributed by atoms with Crippen molar-refractivity contribution in [2.75, 3.05) is 5.75 Å². The van der Waals surface area contributed by atoms with E-state index < -0.39 is 0 Å². The molecule has 1 heterocycles. The lowest BCUT2D eigenvalue weighted by atomic mass is 10.2. The van der Waals surface area contributed by atoms with Crippen LogP contribution in [0.15, 0.2) is 51.8 Å².